The van der Waals surface area contributed by atoms with Crippen LogP contribution in [0.4, 0.5) is 18.0 Å². The van der Waals surface area contributed by atoms with Crippen LogP contribution in [0.15, 0.2) is 10.5 Å². The number of hydrogen-bond acceptors (Lipinski definition) is 3. The van der Waals surface area contributed by atoms with E-state index in [0.29, 0.717) is 0 Å². The number of aromatic carboxylic acids is 1. The van der Waals surface area contributed by atoms with Gasteiger partial charge in [-0.3, -0.25) is 0 Å². The maximum Gasteiger partial charge on any atom is 0.411 e. The van der Waals surface area contributed by atoms with E-state index in [9.17, 15) is 22.8 Å². The van der Waals surface area contributed by atoms with Crippen molar-refractivity contribution >= 4 is 12.0 Å². The molecule has 116 valence electrons. The summed E-state index contributed by atoms with van der Waals surface area (Å²) < 4.78 is 43.0. The van der Waals surface area contributed by atoms with Crippen LogP contribution in [0.1, 0.15) is 34.7 Å². The molecule has 3 N–H and O–H groups in total. The van der Waals surface area contributed by atoms with Crippen molar-refractivity contribution in [3.63, 3.8) is 0 Å². The third-order valence-electron chi connectivity index (χ3n) is 3.27. The number of alkyl halides is 3. The van der Waals surface area contributed by atoms with Gasteiger partial charge in [-0.2, -0.15) is 13.2 Å². The highest BCUT2D eigenvalue weighted by Gasteiger charge is 2.64. The van der Waals surface area contributed by atoms with Gasteiger partial charge in [-0.05, 0) is 25.8 Å². The fourth-order valence-electron chi connectivity index (χ4n) is 1.88. The summed E-state index contributed by atoms with van der Waals surface area (Å²) in [6.45, 7) is 1.24. The maximum absolute atomic E-state index is 12.6. The Bertz CT molecular complexity index is 576. The third-order valence-corrected chi connectivity index (χ3v) is 3.27. The van der Waals surface area contributed by atoms with Crippen LogP contribution in [-0.4, -0.2) is 28.8 Å². The molecule has 1 fully saturated rings. The zero-order chi connectivity index (χ0) is 15.8. The van der Waals surface area contributed by atoms with Gasteiger partial charge < -0.3 is 20.2 Å². The molecule has 1 aliphatic carbocycles. The van der Waals surface area contributed by atoms with E-state index in [1.807, 2.05) is 5.32 Å². The molecule has 1 heterocycles. The fourth-order valence-corrected chi connectivity index (χ4v) is 1.88. The van der Waals surface area contributed by atoms with E-state index >= 15 is 0 Å². The molecule has 0 saturated heterocycles. The fraction of sp³-hybridized carbons (Fsp3) is 0.500. The summed E-state index contributed by atoms with van der Waals surface area (Å²) in [5, 5.41) is 12.9. The van der Waals surface area contributed by atoms with Crippen LogP contribution in [0, 0.1) is 6.92 Å². The first-order chi connectivity index (χ1) is 9.64. The van der Waals surface area contributed by atoms with E-state index in [4.69, 9.17) is 9.52 Å². The van der Waals surface area contributed by atoms with Crippen molar-refractivity contribution in [2.24, 2.45) is 0 Å². The Morgan fingerprint density at radius 3 is 2.48 bits per heavy atom. The minimum absolute atomic E-state index is 0.0545. The molecule has 1 aromatic rings. The zero-order valence-electron chi connectivity index (χ0n) is 11.0. The predicted molar refractivity (Wildman–Crippen MR) is 63.8 cm³/mol. The van der Waals surface area contributed by atoms with Gasteiger partial charge in [-0.25, -0.2) is 9.59 Å². The highest BCUT2D eigenvalue weighted by Crippen LogP contribution is 2.48. The van der Waals surface area contributed by atoms with Gasteiger partial charge in [0, 0.05) is 0 Å². The second-order valence-electron chi connectivity index (χ2n) is 4.88. The largest absolute Gasteiger partial charge is 0.478 e. The summed E-state index contributed by atoms with van der Waals surface area (Å²) in [5.41, 5.74) is -2.19. The molecule has 2 rings (SSSR count). The molecule has 0 atom stereocenters. The molecule has 21 heavy (non-hydrogen) atoms. The Morgan fingerprint density at radius 1 is 1.43 bits per heavy atom. The van der Waals surface area contributed by atoms with E-state index < -0.39 is 23.7 Å². The van der Waals surface area contributed by atoms with Crippen LogP contribution in [0.2, 0.25) is 0 Å². The maximum atomic E-state index is 12.6. The zero-order valence-corrected chi connectivity index (χ0v) is 11.0. The van der Waals surface area contributed by atoms with Crippen molar-refractivity contribution < 1.29 is 32.3 Å². The third kappa shape index (κ3) is 3.11. The van der Waals surface area contributed by atoms with Gasteiger partial charge in [0.15, 0.2) is 0 Å². The first-order valence-electron chi connectivity index (χ1n) is 6.10. The van der Waals surface area contributed by atoms with Gasteiger partial charge in [0.25, 0.3) is 0 Å². The Balaban J connectivity index is 1.90. The highest BCUT2D eigenvalue weighted by molar-refractivity contribution is 5.88. The molecule has 0 radical (unpaired) electrons. The molecule has 0 bridgehead atoms. The molecule has 0 aliphatic heterocycles. The number of urea groups is 1. The summed E-state index contributed by atoms with van der Waals surface area (Å²) in [7, 11) is 0. The lowest BCUT2D eigenvalue weighted by Gasteiger charge is -2.20. The molecule has 0 spiro atoms. The van der Waals surface area contributed by atoms with Crippen LogP contribution >= 0.6 is 0 Å². The number of carboxylic acids is 1. The average Bonchev–Trinajstić information content (AvgIpc) is 3.03. The minimum Gasteiger partial charge on any atom is -0.478 e. The SMILES string of the molecule is Cc1oc(CNC(=O)NC2(C(F)(F)F)CC2)cc1C(=O)O. The Kier molecular flexibility index (Phi) is 3.60. The van der Waals surface area contributed by atoms with Crippen LogP contribution in [0.3, 0.4) is 0 Å². The number of aryl methyl sites for hydroxylation is 1. The van der Waals surface area contributed by atoms with Crippen molar-refractivity contribution in [2.75, 3.05) is 0 Å². The lowest BCUT2D eigenvalue weighted by atomic mass is 10.2. The van der Waals surface area contributed by atoms with E-state index in [0.717, 1.165) is 0 Å². The first-order valence-corrected chi connectivity index (χ1v) is 6.10. The van der Waals surface area contributed by atoms with Crippen LogP contribution < -0.4 is 10.6 Å². The number of carbonyl (C=O) groups excluding carboxylic acids is 1. The van der Waals surface area contributed by atoms with Crippen molar-refractivity contribution in [2.45, 2.75) is 38.0 Å². The lowest BCUT2D eigenvalue weighted by Crippen LogP contribution is -2.51. The summed E-state index contributed by atoms with van der Waals surface area (Å²) in [6.07, 6.45) is -4.78. The quantitative estimate of drug-likeness (QED) is 0.795. The molecule has 1 saturated carbocycles. The van der Waals surface area contributed by atoms with Gasteiger partial charge in [-0.1, -0.05) is 0 Å². The van der Waals surface area contributed by atoms with Gasteiger partial charge in [0.1, 0.15) is 22.6 Å². The molecule has 2 amide bonds. The average molecular weight is 306 g/mol. The molecule has 9 heteroatoms. The highest BCUT2D eigenvalue weighted by atomic mass is 19.4. The number of hydrogen-bond donors (Lipinski definition) is 3. The van der Waals surface area contributed by atoms with Crippen LogP contribution in [0.25, 0.3) is 0 Å². The second kappa shape index (κ2) is 4.97. The van der Waals surface area contributed by atoms with Gasteiger partial charge >= 0.3 is 18.2 Å². The van der Waals surface area contributed by atoms with Gasteiger partial charge in [-0.15, -0.1) is 0 Å². The van der Waals surface area contributed by atoms with Crippen molar-refractivity contribution in [1.82, 2.24) is 10.6 Å². The topological polar surface area (TPSA) is 91.6 Å². The normalized spacial score (nSPS) is 16.4. The molecule has 0 aromatic carbocycles. The number of nitrogens with one attached hydrogen (secondary N) is 2. The molecule has 6 nitrogen and oxygen atoms in total. The Labute approximate surface area is 117 Å². The Hall–Kier alpha value is -2.19. The molecule has 0 unspecified atom stereocenters. The monoisotopic (exact) mass is 306 g/mol. The van der Waals surface area contributed by atoms with E-state index in [2.05, 4.69) is 5.32 Å². The van der Waals surface area contributed by atoms with Crippen LogP contribution in [0.5, 0.6) is 0 Å². The number of amides is 2. The molecular formula is C12H13F3N2O4. The van der Waals surface area contributed by atoms with Crippen molar-refractivity contribution in [1.29, 1.82) is 0 Å². The van der Waals surface area contributed by atoms with Crippen molar-refractivity contribution in [3.05, 3.63) is 23.2 Å². The number of carbonyl (C=O) groups is 2. The molecular weight excluding hydrogens is 293 g/mol. The van der Waals surface area contributed by atoms with Gasteiger partial charge in [0.05, 0.1) is 6.54 Å². The first kappa shape index (κ1) is 15.2. The number of rotatable bonds is 4. The van der Waals surface area contributed by atoms with Crippen molar-refractivity contribution in [3.8, 4) is 0 Å². The molecule has 1 aliphatic rings. The lowest BCUT2D eigenvalue weighted by molar-refractivity contribution is -0.162. The number of furan rings is 1. The van der Waals surface area contributed by atoms with E-state index in [1.165, 1.54) is 13.0 Å². The van der Waals surface area contributed by atoms with E-state index in [-0.39, 0.29) is 36.5 Å². The summed E-state index contributed by atoms with van der Waals surface area (Å²) in [6, 6.07) is 0.241. The molecule has 1 aromatic heterocycles. The van der Waals surface area contributed by atoms with Crippen LogP contribution in [-0.2, 0) is 6.54 Å². The minimum atomic E-state index is -4.48. The van der Waals surface area contributed by atoms with Gasteiger partial charge in [0.2, 0.25) is 0 Å². The standard InChI is InChI=1S/C12H13F3N2O4/c1-6-8(9(18)19)4-7(21-6)5-16-10(20)17-11(2-3-11)12(13,14)15/h4H,2-3,5H2,1H3,(H,18,19)(H2,16,17,20). The predicted octanol–water partition coefficient (Wildman–Crippen LogP) is 2.18. The smallest absolute Gasteiger partial charge is 0.411 e. The second-order valence-corrected chi connectivity index (χ2v) is 4.88. The number of carboxylic acid groups (broad SMARTS) is 1. The Morgan fingerprint density at radius 2 is 2.05 bits per heavy atom. The summed E-state index contributed by atoms with van der Waals surface area (Å²) >= 11 is 0. The van der Waals surface area contributed by atoms with E-state index in [1.54, 1.807) is 0 Å². The summed E-state index contributed by atoms with van der Waals surface area (Å²) in [4.78, 5) is 22.3. The number of halogens is 3. The summed E-state index contributed by atoms with van der Waals surface area (Å²) in [5.74, 6) is -0.869.